The van der Waals surface area contributed by atoms with E-state index in [-0.39, 0.29) is 18.5 Å². The molecule has 0 aliphatic carbocycles. The summed E-state index contributed by atoms with van der Waals surface area (Å²) >= 11 is 0. The van der Waals surface area contributed by atoms with E-state index in [2.05, 4.69) is 15.5 Å². The van der Waals surface area contributed by atoms with Gasteiger partial charge < -0.3 is 19.8 Å². The average molecular weight is 296 g/mol. The highest BCUT2D eigenvalue weighted by Gasteiger charge is 2.28. The Morgan fingerprint density at radius 2 is 2.29 bits per heavy atom. The van der Waals surface area contributed by atoms with Gasteiger partial charge in [-0.15, -0.1) is 0 Å². The van der Waals surface area contributed by atoms with Crippen molar-refractivity contribution in [2.75, 3.05) is 13.1 Å². The van der Waals surface area contributed by atoms with Gasteiger partial charge in [0.1, 0.15) is 0 Å². The zero-order valence-corrected chi connectivity index (χ0v) is 12.0. The van der Waals surface area contributed by atoms with Crippen LogP contribution in [0, 0.1) is 6.92 Å². The number of likely N-dealkylation sites (tertiary alicyclic amines) is 1. The highest BCUT2D eigenvalue weighted by molar-refractivity contribution is 5.76. The van der Waals surface area contributed by atoms with Crippen LogP contribution < -0.4 is 5.32 Å². The zero-order valence-electron chi connectivity index (χ0n) is 12.0. The van der Waals surface area contributed by atoms with Gasteiger partial charge in [-0.1, -0.05) is 5.16 Å². The fraction of sp³-hybridized carbons (Fsp3) is 0.692. The number of nitrogens with zero attached hydrogens (tertiary/aromatic N) is 3. The number of carbonyl (C=O) groups is 2. The quantitative estimate of drug-likeness (QED) is 0.837. The van der Waals surface area contributed by atoms with E-state index in [0.29, 0.717) is 31.2 Å². The Balaban J connectivity index is 1.81. The molecule has 1 aromatic rings. The molecule has 0 spiro atoms. The fourth-order valence-electron chi connectivity index (χ4n) is 2.50. The molecule has 0 radical (unpaired) electrons. The van der Waals surface area contributed by atoms with Crippen molar-refractivity contribution in [2.24, 2.45) is 0 Å². The van der Waals surface area contributed by atoms with Crippen LogP contribution >= 0.6 is 0 Å². The number of aromatic nitrogens is 2. The van der Waals surface area contributed by atoms with Crippen molar-refractivity contribution < 1.29 is 19.2 Å². The standard InChI is InChI=1S/C13H20N4O4/c1-9-15-11(21-16-9)5-6-14-13(20)17-7-3-2-4-10(17)8-12(18)19/h10H,2-8H2,1H3,(H,14,20)(H,18,19). The highest BCUT2D eigenvalue weighted by atomic mass is 16.5. The average Bonchev–Trinajstić information content (AvgIpc) is 2.84. The van der Waals surface area contributed by atoms with Crippen molar-refractivity contribution in [3.8, 4) is 0 Å². The van der Waals surface area contributed by atoms with Gasteiger partial charge in [-0.05, 0) is 26.2 Å². The van der Waals surface area contributed by atoms with Gasteiger partial charge in [0, 0.05) is 25.6 Å². The van der Waals surface area contributed by atoms with Gasteiger partial charge in [-0.25, -0.2) is 4.79 Å². The molecule has 2 amide bonds. The first-order valence-electron chi connectivity index (χ1n) is 7.11. The zero-order chi connectivity index (χ0) is 15.2. The van der Waals surface area contributed by atoms with Crippen molar-refractivity contribution in [3.63, 3.8) is 0 Å². The van der Waals surface area contributed by atoms with Gasteiger partial charge in [0.2, 0.25) is 5.89 Å². The Labute approximate surface area is 122 Å². The molecule has 1 aliphatic rings. The second kappa shape index (κ2) is 7.05. The van der Waals surface area contributed by atoms with Crippen LogP contribution in [0.25, 0.3) is 0 Å². The van der Waals surface area contributed by atoms with E-state index < -0.39 is 5.97 Å². The van der Waals surface area contributed by atoms with E-state index in [0.717, 1.165) is 19.3 Å². The summed E-state index contributed by atoms with van der Waals surface area (Å²) in [6, 6.07) is -0.445. The lowest BCUT2D eigenvalue weighted by molar-refractivity contribution is -0.138. The maximum Gasteiger partial charge on any atom is 0.317 e. The SMILES string of the molecule is Cc1noc(CCNC(=O)N2CCCCC2CC(=O)O)n1. The molecule has 1 fully saturated rings. The Hall–Kier alpha value is -2.12. The fourth-order valence-corrected chi connectivity index (χ4v) is 2.50. The van der Waals surface area contributed by atoms with Crippen LogP contribution in [0.4, 0.5) is 4.79 Å². The molecule has 1 atom stereocenters. The predicted octanol–water partition coefficient (Wildman–Crippen LogP) is 0.959. The summed E-state index contributed by atoms with van der Waals surface area (Å²) in [6.07, 6.45) is 3.07. The molecule has 2 heterocycles. The summed E-state index contributed by atoms with van der Waals surface area (Å²) in [5, 5.41) is 15.4. The van der Waals surface area contributed by atoms with Gasteiger partial charge in [0.15, 0.2) is 5.82 Å². The summed E-state index contributed by atoms with van der Waals surface area (Å²) in [4.78, 5) is 28.7. The molecule has 1 aromatic heterocycles. The number of urea groups is 1. The second-order valence-electron chi connectivity index (χ2n) is 5.16. The minimum atomic E-state index is -0.874. The van der Waals surface area contributed by atoms with Crippen molar-refractivity contribution in [2.45, 2.75) is 45.1 Å². The van der Waals surface area contributed by atoms with Crippen LogP contribution in [-0.2, 0) is 11.2 Å². The summed E-state index contributed by atoms with van der Waals surface area (Å²) in [5.74, 6) is 0.170. The maximum atomic E-state index is 12.1. The monoisotopic (exact) mass is 296 g/mol. The lowest BCUT2D eigenvalue weighted by Gasteiger charge is -2.34. The van der Waals surface area contributed by atoms with E-state index in [9.17, 15) is 9.59 Å². The van der Waals surface area contributed by atoms with Gasteiger partial charge in [-0.3, -0.25) is 4.79 Å². The van der Waals surface area contributed by atoms with Gasteiger partial charge >= 0.3 is 12.0 Å². The Kier molecular flexibility index (Phi) is 5.13. The third kappa shape index (κ3) is 4.44. The smallest absolute Gasteiger partial charge is 0.317 e. The number of carbonyl (C=O) groups excluding carboxylic acids is 1. The molecule has 0 aromatic carbocycles. The molecule has 1 saturated heterocycles. The first kappa shape index (κ1) is 15.3. The maximum absolute atomic E-state index is 12.1. The number of piperidine rings is 1. The number of hydrogen-bond acceptors (Lipinski definition) is 5. The summed E-state index contributed by atoms with van der Waals surface area (Å²) in [6.45, 7) is 2.72. The second-order valence-corrected chi connectivity index (χ2v) is 5.16. The van der Waals surface area contributed by atoms with Crippen LogP contribution in [0.15, 0.2) is 4.52 Å². The Morgan fingerprint density at radius 1 is 1.48 bits per heavy atom. The molecule has 0 bridgehead atoms. The molecule has 0 saturated carbocycles. The first-order chi connectivity index (χ1) is 10.1. The van der Waals surface area contributed by atoms with E-state index in [4.69, 9.17) is 9.63 Å². The third-order valence-corrected chi connectivity index (χ3v) is 3.48. The number of nitrogens with one attached hydrogen (secondary N) is 1. The van der Waals surface area contributed by atoms with Crippen LogP contribution in [0.3, 0.4) is 0 Å². The largest absolute Gasteiger partial charge is 0.481 e. The summed E-state index contributed by atoms with van der Waals surface area (Å²) in [7, 11) is 0. The number of hydrogen-bond donors (Lipinski definition) is 2. The summed E-state index contributed by atoms with van der Waals surface area (Å²) < 4.78 is 4.96. The van der Waals surface area contributed by atoms with E-state index in [1.54, 1.807) is 11.8 Å². The minimum absolute atomic E-state index is 0.00370. The molecule has 1 aliphatic heterocycles. The van der Waals surface area contributed by atoms with Crippen LogP contribution in [-0.4, -0.2) is 51.3 Å². The minimum Gasteiger partial charge on any atom is -0.481 e. The van der Waals surface area contributed by atoms with Gasteiger partial charge in [-0.2, -0.15) is 4.98 Å². The van der Waals surface area contributed by atoms with Crippen molar-refractivity contribution >= 4 is 12.0 Å². The normalized spacial score (nSPS) is 18.5. The topological polar surface area (TPSA) is 109 Å². The molecular weight excluding hydrogens is 276 g/mol. The first-order valence-corrected chi connectivity index (χ1v) is 7.11. The van der Waals surface area contributed by atoms with E-state index in [1.807, 2.05) is 0 Å². The van der Waals surface area contributed by atoms with Crippen molar-refractivity contribution in [1.82, 2.24) is 20.4 Å². The molecule has 8 heteroatoms. The number of carboxylic acids is 1. The number of aliphatic carboxylic acids is 1. The Bertz CT molecular complexity index is 502. The molecule has 21 heavy (non-hydrogen) atoms. The molecule has 1 unspecified atom stereocenters. The van der Waals surface area contributed by atoms with Crippen LogP contribution in [0.1, 0.15) is 37.4 Å². The van der Waals surface area contributed by atoms with E-state index >= 15 is 0 Å². The molecular formula is C13H20N4O4. The number of rotatable bonds is 5. The third-order valence-electron chi connectivity index (χ3n) is 3.48. The molecule has 8 nitrogen and oxygen atoms in total. The number of aryl methyl sites for hydroxylation is 1. The lowest BCUT2D eigenvalue weighted by Crippen LogP contribution is -2.49. The molecule has 2 N–H and O–H groups in total. The van der Waals surface area contributed by atoms with E-state index in [1.165, 1.54) is 0 Å². The van der Waals surface area contributed by atoms with Crippen LogP contribution in [0.2, 0.25) is 0 Å². The van der Waals surface area contributed by atoms with Crippen molar-refractivity contribution in [1.29, 1.82) is 0 Å². The lowest BCUT2D eigenvalue weighted by atomic mass is 10.00. The summed E-state index contributed by atoms with van der Waals surface area (Å²) in [5.41, 5.74) is 0. The van der Waals surface area contributed by atoms with Crippen LogP contribution in [0.5, 0.6) is 0 Å². The molecule has 2 rings (SSSR count). The number of amides is 2. The molecule has 116 valence electrons. The highest BCUT2D eigenvalue weighted by Crippen LogP contribution is 2.19. The number of carboxylic acid groups (broad SMARTS) is 1. The van der Waals surface area contributed by atoms with Gasteiger partial charge in [0.25, 0.3) is 0 Å². The van der Waals surface area contributed by atoms with Gasteiger partial charge in [0.05, 0.1) is 6.42 Å². The predicted molar refractivity (Wildman–Crippen MR) is 72.7 cm³/mol. The Morgan fingerprint density at radius 3 is 2.95 bits per heavy atom. The van der Waals surface area contributed by atoms with Crippen molar-refractivity contribution in [3.05, 3.63) is 11.7 Å².